The Balaban J connectivity index is 3.48. The van der Waals surface area contributed by atoms with Gasteiger partial charge in [-0.25, -0.2) is 8.42 Å². The van der Waals surface area contributed by atoms with Crippen molar-refractivity contribution in [3.63, 3.8) is 0 Å². The number of hydrogen-bond acceptors (Lipinski definition) is 3. The highest BCUT2D eigenvalue weighted by atomic mass is 32.2. The Labute approximate surface area is 82.7 Å². The van der Waals surface area contributed by atoms with E-state index in [0.717, 1.165) is 6.26 Å². The number of rotatable bonds is 2. The first-order valence-electron chi connectivity index (χ1n) is 3.77. The number of carbonyl (C=O) groups excluding carboxylic acids is 1. The van der Waals surface area contributed by atoms with Crippen molar-refractivity contribution in [2.24, 2.45) is 0 Å². The van der Waals surface area contributed by atoms with Gasteiger partial charge >= 0.3 is 0 Å². The van der Waals surface area contributed by atoms with Crippen LogP contribution in [0.5, 0.6) is 0 Å². The smallest absolute Gasteiger partial charge is 0.236 e. The van der Waals surface area contributed by atoms with Gasteiger partial charge in [0, 0.05) is 11.8 Å². The number of hydrogen-bond donors (Lipinski definition) is 0. The molecule has 0 saturated carbocycles. The molecular formula is C10H8O3S. The summed E-state index contributed by atoms with van der Waals surface area (Å²) in [7, 11) is -3.40. The van der Waals surface area contributed by atoms with Gasteiger partial charge in [-0.3, -0.25) is 4.79 Å². The number of carbonyl (C=O) groups is 1. The maximum atomic E-state index is 11.3. The third kappa shape index (κ3) is 2.01. The van der Waals surface area contributed by atoms with Gasteiger partial charge in [-0.05, 0) is 18.1 Å². The Bertz CT molecular complexity index is 506. The SMILES string of the molecule is C#CC(=O)c1ccccc1S(C)(=O)=O. The lowest BCUT2D eigenvalue weighted by atomic mass is 10.1. The maximum Gasteiger partial charge on any atom is 0.236 e. The summed E-state index contributed by atoms with van der Waals surface area (Å²) < 4.78 is 22.5. The molecule has 1 aromatic carbocycles. The largest absolute Gasteiger partial charge is 0.279 e. The number of benzene rings is 1. The zero-order chi connectivity index (χ0) is 10.8. The fraction of sp³-hybridized carbons (Fsp3) is 0.100. The van der Waals surface area contributed by atoms with Crippen molar-refractivity contribution in [2.45, 2.75) is 4.90 Å². The zero-order valence-corrected chi connectivity index (χ0v) is 8.34. The lowest BCUT2D eigenvalue weighted by molar-refractivity contribution is 0.105. The van der Waals surface area contributed by atoms with E-state index >= 15 is 0 Å². The molecule has 0 aliphatic rings. The minimum Gasteiger partial charge on any atom is -0.279 e. The van der Waals surface area contributed by atoms with Crippen molar-refractivity contribution >= 4 is 15.6 Å². The van der Waals surface area contributed by atoms with E-state index in [2.05, 4.69) is 0 Å². The van der Waals surface area contributed by atoms with Crippen LogP contribution in [-0.2, 0) is 9.84 Å². The third-order valence-corrected chi connectivity index (χ3v) is 2.82. The molecule has 1 rings (SSSR count). The van der Waals surface area contributed by atoms with E-state index < -0.39 is 15.6 Å². The quantitative estimate of drug-likeness (QED) is 0.412. The summed E-state index contributed by atoms with van der Waals surface area (Å²) in [6.07, 6.45) is 5.96. The standard InChI is InChI=1S/C10H8O3S/c1-3-9(11)8-6-4-5-7-10(8)14(2,12)13/h1,4-7H,2H3. The number of ketones is 1. The van der Waals surface area contributed by atoms with Crippen molar-refractivity contribution in [3.8, 4) is 12.3 Å². The van der Waals surface area contributed by atoms with Gasteiger partial charge in [0.1, 0.15) is 0 Å². The highest BCUT2D eigenvalue weighted by Gasteiger charge is 2.16. The Morgan fingerprint density at radius 2 is 1.93 bits per heavy atom. The molecule has 0 heterocycles. The van der Waals surface area contributed by atoms with Gasteiger partial charge in [-0.1, -0.05) is 12.1 Å². The summed E-state index contributed by atoms with van der Waals surface area (Å²) >= 11 is 0. The Morgan fingerprint density at radius 3 is 2.43 bits per heavy atom. The molecule has 0 N–H and O–H groups in total. The Kier molecular flexibility index (Phi) is 2.73. The van der Waals surface area contributed by atoms with Crippen molar-refractivity contribution in [1.29, 1.82) is 0 Å². The van der Waals surface area contributed by atoms with E-state index in [4.69, 9.17) is 6.42 Å². The second-order valence-corrected chi connectivity index (χ2v) is 4.73. The molecule has 3 nitrogen and oxygen atoms in total. The Hall–Kier alpha value is -1.60. The molecule has 0 atom stereocenters. The van der Waals surface area contributed by atoms with Crippen LogP contribution in [0.1, 0.15) is 10.4 Å². The first-order valence-corrected chi connectivity index (χ1v) is 5.66. The van der Waals surface area contributed by atoms with Crippen LogP contribution in [0.3, 0.4) is 0 Å². The predicted molar refractivity (Wildman–Crippen MR) is 52.7 cm³/mol. The van der Waals surface area contributed by atoms with Crippen LogP contribution < -0.4 is 0 Å². The summed E-state index contributed by atoms with van der Waals surface area (Å²) in [4.78, 5) is 11.2. The topological polar surface area (TPSA) is 51.2 Å². The molecule has 1 aromatic rings. The lowest BCUT2D eigenvalue weighted by Crippen LogP contribution is -2.06. The molecule has 14 heavy (non-hydrogen) atoms. The van der Waals surface area contributed by atoms with E-state index in [0.29, 0.717) is 0 Å². The molecular weight excluding hydrogens is 200 g/mol. The van der Waals surface area contributed by atoms with Crippen LogP contribution >= 0.6 is 0 Å². The maximum absolute atomic E-state index is 11.3. The van der Waals surface area contributed by atoms with Crippen LogP contribution in [0.25, 0.3) is 0 Å². The van der Waals surface area contributed by atoms with Crippen molar-refractivity contribution < 1.29 is 13.2 Å². The lowest BCUT2D eigenvalue weighted by Gasteiger charge is -2.02. The van der Waals surface area contributed by atoms with E-state index in [1.165, 1.54) is 12.1 Å². The van der Waals surface area contributed by atoms with Gasteiger partial charge < -0.3 is 0 Å². The molecule has 0 aliphatic carbocycles. The van der Waals surface area contributed by atoms with Gasteiger partial charge in [-0.15, -0.1) is 6.42 Å². The molecule has 0 saturated heterocycles. The number of Topliss-reactive ketones (excluding diaryl/α,β-unsaturated/α-hetero) is 1. The molecule has 0 amide bonds. The fourth-order valence-electron chi connectivity index (χ4n) is 1.06. The minimum atomic E-state index is -3.40. The van der Waals surface area contributed by atoms with Crippen LogP contribution in [-0.4, -0.2) is 20.5 Å². The average molecular weight is 208 g/mol. The van der Waals surface area contributed by atoms with E-state index in [-0.39, 0.29) is 10.5 Å². The summed E-state index contributed by atoms with van der Waals surface area (Å²) in [5, 5.41) is 0. The normalized spacial score (nSPS) is 10.6. The fourth-order valence-corrected chi connectivity index (χ4v) is 1.94. The van der Waals surface area contributed by atoms with Gasteiger partial charge in [0.25, 0.3) is 0 Å². The van der Waals surface area contributed by atoms with E-state index in [1.54, 1.807) is 12.1 Å². The second-order valence-electron chi connectivity index (χ2n) is 2.74. The Morgan fingerprint density at radius 1 is 1.36 bits per heavy atom. The third-order valence-electron chi connectivity index (χ3n) is 1.66. The molecule has 4 heteroatoms. The predicted octanol–water partition coefficient (Wildman–Crippen LogP) is 0.906. The van der Waals surface area contributed by atoms with Gasteiger partial charge in [0.15, 0.2) is 9.84 Å². The van der Waals surface area contributed by atoms with Crippen LogP contribution in [0.2, 0.25) is 0 Å². The van der Waals surface area contributed by atoms with Crippen molar-refractivity contribution in [1.82, 2.24) is 0 Å². The first-order chi connectivity index (χ1) is 6.46. The molecule has 0 aliphatic heterocycles. The van der Waals surface area contributed by atoms with Gasteiger partial charge in [0.2, 0.25) is 5.78 Å². The van der Waals surface area contributed by atoms with Crippen molar-refractivity contribution in [3.05, 3.63) is 29.8 Å². The monoisotopic (exact) mass is 208 g/mol. The molecule has 0 bridgehead atoms. The molecule has 72 valence electrons. The van der Waals surface area contributed by atoms with Crippen LogP contribution in [0.15, 0.2) is 29.2 Å². The molecule has 0 aromatic heterocycles. The van der Waals surface area contributed by atoms with E-state index in [9.17, 15) is 13.2 Å². The van der Waals surface area contributed by atoms with E-state index in [1.807, 2.05) is 5.92 Å². The highest BCUT2D eigenvalue weighted by molar-refractivity contribution is 7.90. The van der Waals surface area contributed by atoms with Crippen molar-refractivity contribution in [2.75, 3.05) is 6.26 Å². The number of terminal acetylenes is 1. The summed E-state index contributed by atoms with van der Waals surface area (Å²) in [5.74, 6) is 1.27. The molecule has 0 fully saturated rings. The minimum absolute atomic E-state index is 0.0250. The molecule has 0 spiro atoms. The summed E-state index contributed by atoms with van der Waals surface area (Å²) in [5.41, 5.74) is 0.0532. The average Bonchev–Trinajstić information content (AvgIpc) is 2.15. The van der Waals surface area contributed by atoms with Gasteiger partial charge in [-0.2, -0.15) is 0 Å². The second kappa shape index (κ2) is 3.64. The molecule has 0 radical (unpaired) electrons. The number of sulfone groups is 1. The molecule has 0 unspecified atom stereocenters. The summed E-state index contributed by atoms with van der Waals surface area (Å²) in [6, 6.07) is 5.88. The zero-order valence-electron chi connectivity index (χ0n) is 7.52. The van der Waals surface area contributed by atoms with Crippen LogP contribution in [0, 0.1) is 12.3 Å². The van der Waals surface area contributed by atoms with Crippen LogP contribution in [0.4, 0.5) is 0 Å². The highest BCUT2D eigenvalue weighted by Crippen LogP contribution is 2.15. The van der Waals surface area contributed by atoms with Gasteiger partial charge in [0.05, 0.1) is 4.90 Å². The summed E-state index contributed by atoms with van der Waals surface area (Å²) in [6.45, 7) is 0. The first kappa shape index (κ1) is 10.5.